The average molecular weight is 380 g/mol. The molecular weight excluding hydrogens is 357 g/mol. The van der Waals surface area contributed by atoms with Crippen LogP contribution in [0.25, 0.3) is 0 Å². The van der Waals surface area contributed by atoms with Gasteiger partial charge < -0.3 is 10.1 Å². The maximum absolute atomic E-state index is 12.3. The van der Waals surface area contributed by atoms with Gasteiger partial charge in [0, 0.05) is 6.42 Å². The second-order valence-electron chi connectivity index (χ2n) is 6.01. The molecule has 0 aliphatic heterocycles. The molecule has 0 heterocycles. The molecule has 0 aliphatic rings. The Balaban J connectivity index is 1.97. The molecule has 2 aromatic carbocycles. The smallest absolute Gasteiger partial charge is 0.220 e. The fourth-order valence-corrected chi connectivity index (χ4v) is 3.08. The maximum atomic E-state index is 12.3. The van der Waals surface area contributed by atoms with E-state index in [-0.39, 0.29) is 11.9 Å². The molecule has 0 bridgehead atoms. The molecule has 0 radical (unpaired) electrons. The number of nitrogens with one attached hydrogen (secondary N) is 1. The lowest BCUT2D eigenvalue weighted by atomic mass is 10.0. The quantitative estimate of drug-likeness (QED) is 0.688. The minimum absolute atomic E-state index is 0.00841. The van der Waals surface area contributed by atoms with E-state index < -0.39 is 0 Å². The summed E-state index contributed by atoms with van der Waals surface area (Å²) >= 11 is 11.9. The van der Waals surface area contributed by atoms with Crippen LogP contribution < -0.4 is 10.1 Å². The number of methoxy groups -OCH3 is 1. The number of hydrogen-bond donors (Lipinski definition) is 1. The van der Waals surface area contributed by atoms with E-state index in [1.807, 2.05) is 25.1 Å². The minimum Gasteiger partial charge on any atom is -0.496 e. The molecule has 0 fully saturated rings. The zero-order valence-electron chi connectivity index (χ0n) is 14.7. The van der Waals surface area contributed by atoms with E-state index in [1.54, 1.807) is 19.2 Å². The first-order valence-electron chi connectivity index (χ1n) is 8.32. The highest BCUT2D eigenvalue weighted by Crippen LogP contribution is 2.25. The predicted octanol–water partition coefficient (Wildman–Crippen LogP) is 5.51. The van der Waals surface area contributed by atoms with Crippen LogP contribution in [0.4, 0.5) is 0 Å². The molecule has 134 valence electrons. The van der Waals surface area contributed by atoms with Gasteiger partial charge in [-0.3, -0.25) is 4.79 Å². The summed E-state index contributed by atoms with van der Waals surface area (Å²) in [6.45, 7) is 4.06. The van der Waals surface area contributed by atoms with Crippen LogP contribution in [-0.2, 0) is 11.2 Å². The van der Waals surface area contributed by atoms with Gasteiger partial charge in [-0.2, -0.15) is 0 Å². The van der Waals surface area contributed by atoms with Gasteiger partial charge in [-0.1, -0.05) is 48.3 Å². The Morgan fingerprint density at radius 2 is 1.92 bits per heavy atom. The molecule has 2 rings (SSSR count). The third-order valence-corrected chi connectivity index (χ3v) is 4.93. The van der Waals surface area contributed by atoms with Crippen LogP contribution >= 0.6 is 23.2 Å². The van der Waals surface area contributed by atoms with Crippen molar-refractivity contribution in [1.82, 2.24) is 5.32 Å². The lowest BCUT2D eigenvalue weighted by molar-refractivity contribution is -0.121. The van der Waals surface area contributed by atoms with Crippen molar-refractivity contribution in [1.29, 1.82) is 0 Å². The molecular formula is C20H23Cl2NO2. The summed E-state index contributed by atoms with van der Waals surface area (Å²) in [7, 11) is 1.66. The monoisotopic (exact) mass is 379 g/mol. The molecule has 0 saturated heterocycles. The van der Waals surface area contributed by atoms with Crippen molar-refractivity contribution in [2.24, 2.45) is 0 Å². The zero-order valence-corrected chi connectivity index (χ0v) is 16.2. The summed E-state index contributed by atoms with van der Waals surface area (Å²) in [6.07, 6.45) is 1.86. The van der Waals surface area contributed by atoms with Crippen molar-refractivity contribution in [3.8, 4) is 5.75 Å². The number of ether oxygens (including phenoxy) is 1. The molecule has 3 nitrogen and oxygen atoms in total. The number of carbonyl (C=O) groups excluding carboxylic acids is 1. The van der Waals surface area contributed by atoms with E-state index >= 15 is 0 Å². The predicted molar refractivity (Wildman–Crippen MR) is 104 cm³/mol. The molecule has 1 atom stereocenters. The van der Waals surface area contributed by atoms with Gasteiger partial charge in [0.1, 0.15) is 5.75 Å². The van der Waals surface area contributed by atoms with E-state index in [4.69, 9.17) is 27.9 Å². The third-order valence-electron chi connectivity index (χ3n) is 4.19. The standard InChI is InChI=1S/C20H23Cl2NO2/c1-4-18(15-7-9-19(25-3)13(2)11-15)23-20(24)10-6-14-5-8-16(21)17(22)12-14/h5,7-9,11-12,18H,4,6,10H2,1-3H3,(H,23,24). The molecule has 25 heavy (non-hydrogen) atoms. The molecule has 5 heteroatoms. The van der Waals surface area contributed by atoms with Crippen LogP contribution in [0.2, 0.25) is 10.0 Å². The lowest BCUT2D eigenvalue weighted by Gasteiger charge is -2.19. The highest BCUT2D eigenvalue weighted by molar-refractivity contribution is 6.42. The van der Waals surface area contributed by atoms with E-state index in [9.17, 15) is 4.79 Å². The van der Waals surface area contributed by atoms with Crippen LogP contribution in [0.5, 0.6) is 5.75 Å². The Morgan fingerprint density at radius 3 is 2.52 bits per heavy atom. The van der Waals surface area contributed by atoms with Crippen molar-refractivity contribution in [3.63, 3.8) is 0 Å². The summed E-state index contributed by atoms with van der Waals surface area (Å²) in [4.78, 5) is 12.3. The van der Waals surface area contributed by atoms with Crippen molar-refractivity contribution in [2.45, 2.75) is 39.2 Å². The summed E-state index contributed by atoms with van der Waals surface area (Å²) in [5, 5.41) is 4.14. The third kappa shape index (κ3) is 5.38. The Morgan fingerprint density at radius 1 is 1.16 bits per heavy atom. The topological polar surface area (TPSA) is 38.3 Å². The van der Waals surface area contributed by atoms with Crippen molar-refractivity contribution in [2.75, 3.05) is 7.11 Å². The molecule has 0 spiro atoms. The number of carbonyl (C=O) groups is 1. The molecule has 1 N–H and O–H groups in total. The minimum atomic E-state index is -0.00841. The summed E-state index contributed by atoms with van der Waals surface area (Å²) in [6, 6.07) is 11.4. The summed E-state index contributed by atoms with van der Waals surface area (Å²) < 4.78 is 5.29. The number of aryl methyl sites for hydroxylation is 2. The van der Waals surface area contributed by atoms with Gasteiger partial charge in [0.25, 0.3) is 0 Å². The SMILES string of the molecule is CCC(NC(=O)CCc1ccc(Cl)c(Cl)c1)c1ccc(OC)c(C)c1. The largest absolute Gasteiger partial charge is 0.496 e. The van der Waals surface area contributed by atoms with Gasteiger partial charge in [0.15, 0.2) is 0 Å². The van der Waals surface area contributed by atoms with Gasteiger partial charge in [0.05, 0.1) is 23.2 Å². The average Bonchev–Trinajstić information content (AvgIpc) is 2.60. The first kappa shape index (κ1) is 19.6. The fourth-order valence-electron chi connectivity index (χ4n) is 2.76. The normalized spacial score (nSPS) is 11.9. The van der Waals surface area contributed by atoms with Crippen LogP contribution in [0.3, 0.4) is 0 Å². The highest BCUT2D eigenvalue weighted by atomic mass is 35.5. The van der Waals surface area contributed by atoms with E-state index in [1.165, 1.54) is 0 Å². The van der Waals surface area contributed by atoms with Gasteiger partial charge in [-0.25, -0.2) is 0 Å². The number of rotatable bonds is 7. The Bertz CT molecular complexity index is 746. The molecule has 2 aromatic rings. The fraction of sp³-hybridized carbons (Fsp3) is 0.350. The van der Waals surface area contributed by atoms with Gasteiger partial charge in [-0.05, 0) is 54.7 Å². The number of amides is 1. The van der Waals surface area contributed by atoms with Crippen LogP contribution in [0.15, 0.2) is 36.4 Å². The van der Waals surface area contributed by atoms with E-state index in [2.05, 4.69) is 18.3 Å². The highest BCUT2D eigenvalue weighted by Gasteiger charge is 2.14. The zero-order chi connectivity index (χ0) is 18.4. The molecule has 1 unspecified atom stereocenters. The Kier molecular flexibility index (Phi) is 7.15. The maximum Gasteiger partial charge on any atom is 0.220 e. The number of benzene rings is 2. The first-order chi connectivity index (χ1) is 11.9. The molecule has 1 amide bonds. The summed E-state index contributed by atoms with van der Waals surface area (Å²) in [5.41, 5.74) is 3.14. The molecule has 0 aliphatic carbocycles. The molecule has 0 saturated carbocycles. The van der Waals surface area contributed by atoms with Gasteiger partial charge >= 0.3 is 0 Å². The van der Waals surface area contributed by atoms with Crippen LogP contribution in [-0.4, -0.2) is 13.0 Å². The summed E-state index contributed by atoms with van der Waals surface area (Å²) in [5.74, 6) is 0.871. The van der Waals surface area contributed by atoms with Crippen molar-refractivity contribution < 1.29 is 9.53 Å². The van der Waals surface area contributed by atoms with Crippen molar-refractivity contribution >= 4 is 29.1 Å². The van der Waals surface area contributed by atoms with E-state index in [0.29, 0.717) is 22.9 Å². The van der Waals surface area contributed by atoms with Crippen LogP contribution in [0.1, 0.15) is 42.5 Å². The van der Waals surface area contributed by atoms with E-state index in [0.717, 1.165) is 28.9 Å². The Labute approximate surface area is 159 Å². The van der Waals surface area contributed by atoms with Gasteiger partial charge in [-0.15, -0.1) is 0 Å². The Hall–Kier alpha value is -1.71. The second-order valence-corrected chi connectivity index (χ2v) is 6.82. The molecule has 0 aromatic heterocycles. The first-order valence-corrected chi connectivity index (χ1v) is 9.08. The van der Waals surface area contributed by atoms with Crippen molar-refractivity contribution in [3.05, 3.63) is 63.1 Å². The number of hydrogen-bond acceptors (Lipinski definition) is 2. The van der Waals surface area contributed by atoms with Crippen LogP contribution in [0, 0.1) is 6.92 Å². The second kappa shape index (κ2) is 9.12. The lowest BCUT2D eigenvalue weighted by Crippen LogP contribution is -2.28. The van der Waals surface area contributed by atoms with Gasteiger partial charge in [0.2, 0.25) is 5.91 Å². The number of halogens is 2.